The predicted octanol–water partition coefficient (Wildman–Crippen LogP) is 2.54. The topological polar surface area (TPSA) is 39.1 Å². The van der Waals surface area contributed by atoms with Gasteiger partial charge in [-0.3, -0.25) is 4.57 Å². The lowest BCUT2D eigenvalue weighted by atomic mass is 10.2. The number of methoxy groups -OCH3 is 1. The van der Waals surface area contributed by atoms with Gasteiger partial charge >= 0.3 is 0 Å². The molecule has 0 radical (unpaired) electrons. The molecule has 2 rings (SSSR count). The van der Waals surface area contributed by atoms with Gasteiger partial charge in [0.15, 0.2) is 0 Å². The van der Waals surface area contributed by atoms with Crippen LogP contribution in [0.5, 0.6) is 5.75 Å². The van der Waals surface area contributed by atoms with Gasteiger partial charge in [-0.15, -0.1) is 0 Å². The molecule has 90 valence electrons. The summed E-state index contributed by atoms with van der Waals surface area (Å²) in [4.78, 5) is 4.40. The van der Waals surface area contributed by atoms with Gasteiger partial charge in [0.2, 0.25) is 5.95 Å². The van der Waals surface area contributed by atoms with Crippen LogP contribution >= 0.6 is 0 Å². The summed E-state index contributed by atoms with van der Waals surface area (Å²) in [6, 6.07) is 6.08. The number of aryl methyl sites for hydroxylation is 2. The largest absolute Gasteiger partial charge is 0.496 e. The molecule has 0 atom stereocenters. The quantitative estimate of drug-likeness (QED) is 0.882. The number of ether oxygens (including phenoxy) is 1. The first-order valence-corrected chi connectivity index (χ1v) is 5.54. The Morgan fingerprint density at radius 3 is 2.65 bits per heavy atom. The molecule has 4 nitrogen and oxygen atoms in total. The second-order valence-corrected chi connectivity index (χ2v) is 3.98. The molecular formula is C13H17N3O. The molecule has 0 aliphatic rings. The van der Waals surface area contributed by atoms with Crippen LogP contribution in [0.15, 0.2) is 24.4 Å². The monoisotopic (exact) mass is 231 g/mol. The van der Waals surface area contributed by atoms with Gasteiger partial charge in [0.1, 0.15) is 5.75 Å². The van der Waals surface area contributed by atoms with Crippen LogP contribution in [0.2, 0.25) is 0 Å². The van der Waals surface area contributed by atoms with E-state index in [9.17, 15) is 0 Å². The van der Waals surface area contributed by atoms with Gasteiger partial charge in [-0.25, -0.2) is 4.98 Å². The van der Waals surface area contributed by atoms with Crippen molar-refractivity contribution in [2.24, 2.45) is 0 Å². The summed E-state index contributed by atoms with van der Waals surface area (Å²) in [5.74, 6) is 1.74. The smallest absolute Gasteiger partial charge is 0.207 e. The second kappa shape index (κ2) is 4.49. The van der Waals surface area contributed by atoms with Crippen LogP contribution in [0.25, 0.3) is 5.69 Å². The van der Waals surface area contributed by atoms with Crippen molar-refractivity contribution in [3.63, 3.8) is 0 Å². The van der Waals surface area contributed by atoms with Crippen LogP contribution in [-0.4, -0.2) is 23.7 Å². The van der Waals surface area contributed by atoms with E-state index in [1.807, 2.05) is 43.8 Å². The van der Waals surface area contributed by atoms with E-state index in [2.05, 4.69) is 16.4 Å². The Kier molecular flexibility index (Phi) is 3.04. The number of imidazole rings is 1. The number of nitrogens with zero attached hydrogens (tertiary/aromatic N) is 2. The molecule has 0 unspecified atom stereocenters. The Hall–Kier alpha value is -1.97. The van der Waals surface area contributed by atoms with Gasteiger partial charge in [-0.2, -0.15) is 0 Å². The molecule has 2 aromatic rings. The van der Waals surface area contributed by atoms with Gasteiger partial charge < -0.3 is 10.1 Å². The number of hydrogen-bond donors (Lipinski definition) is 1. The Labute approximate surface area is 101 Å². The van der Waals surface area contributed by atoms with E-state index < -0.39 is 0 Å². The minimum atomic E-state index is 0.840. The second-order valence-electron chi connectivity index (χ2n) is 3.98. The summed E-state index contributed by atoms with van der Waals surface area (Å²) >= 11 is 0. The Bertz CT molecular complexity index is 531. The minimum absolute atomic E-state index is 0.840. The highest BCUT2D eigenvalue weighted by Crippen LogP contribution is 2.23. The van der Waals surface area contributed by atoms with E-state index in [4.69, 9.17) is 4.74 Å². The third kappa shape index (κ3) is 2.11. The van der Waals surface area contributed by atoms with E-state index in [0.717, 1.165) is 28.6 Å². The standard InChI is InChI=1S/C13H17N3O/c1-9-7-11(5-6-12(9)17-4)16-8-10(2)15-13(16)14-3/h5-8H,1-4H3,(H,14,15). The third-order valence-corrected chi connectivity index (χ3v) is 2.71. The molecule has 0 spiro atoms. The maximum Gasteiger partial charge on any atom is 0.207 e. The third-order valence-electron chi connectivity index (χ3n) is 2.71. The molecule has 1 aromatic heterocycles. The number of hydrogen-bond acceptors (Lipinski definition) is 3. The highest BCUT2D eigenvalue weighted by Gasteiger charge is 2.07. The zero-order chi connectivity index (χ0) is 12.4. The van der Waals surface area contributed by atoms with E-state index in [0.29, 0.717) is 0 Å². The van der Waals surface area contributed by atoms with Gasteiger partial charge in [-0.1, -0.05) is 0 Å². The van der Waals surface area contributed by atoms with Crippen molar-refractivity contribution in [2.75, 3.05) is 19.5 Å². The van der Waals surface area contributed by atoms with Crippen molar-refractivity contribution in [3.05, 3.63) is 35.7 Å². The zero-order valence-electron chi connectivity index (χ0n) is 10.6. The maximum absolute atomic E-state index is 5.26. The van der Waals surface area contributed by atoms with Crippen molar-refractivity contribution in [2.45, 2.75) is 13.8 Å². The van der Waals surface area contributed by atoms with Crippen molar-refractivity contribution < 1.29 is 4.74 Å². The minimum Gasteiger partial charge on any atom is -0.496 e. The van der Waals surface area contributed by atoms with Crippen molar-refractivity contribution in [3.8, 4) is 11.4 Å². The number of nitrogens with one attached hydrogen (secondary N) is 1. The zero-order valence-corrected chi connectivity index (χ0v) is 10.6. The Balaban J connectivity index is 2.49. The number of rotatable bonds is 3. The lowest BCUT2D eigenvalue weighted by Crippen LogP contribution is -2.01. The fraction of sp³-hybridized carbons (Fsp3) is 0.308. The first kappa shape index (κ1) is 11.5. The highest BCUT2D eigenvalue weighted by atomic mass is 16.5. The Morgan fingerprint density at radius 2 is 2.06 bits per heavy atom. The summed E-state index contributed by atoms with van der Waals surface area (Å²) in [5.41, 5.74) is 3.18. The van der Waals surface area contributed by atoms with Crippen LogP contribution in [0, 0.1) is 13.8 Å². The number of aromatic nitrogens is 2. The van der Waals surface area contributed by atoms with Gasteiger partial charge in [0, 0.05) is 18.9 Å². The first-order chi connectivity index (χ1) is 8.15. The Morgan fingerprint density at radius 1 is 1.29 bits per heavy atom. The normalized spacial score (nSPS) is 10.4. The summed E-state index contributed by atoms with van der Waals surface area (Å²) in [5, 5.41) is 3.08. The van der Waals surface area contributed by atoms with Crippen molar-refractivity contribution in [1.29, 1.82) is 0 Å². The molecule has 17 heavy (non-hydrogen) atoms. The van der Waals surface area contributed by atoms with Crippen LogP contribution in [0.3, 0.4) is 0 Å². The van der Waals surface area contributed by atoms with Crippen molar-refractivity contribution in [1.82, 2.24) is 9.55 Å². The molecular weight excluding hydrogens is 214 g/mol. The average Bonchev–Trinajstić information content (AvgIpc) is 2.70. The SMILES string of the molecule is CNc1nc(C)cn1-c1ccc(OC)c(C)c1. The molecule has 1 heterocycles. The summed E-state index contributed by atoms with van der Waals surface area (Å²) in [7, 11) is 3.55. The molecule has 0 amide bonds. The molecule has 0 aliphatic carbocycles. The molecule has 1 aromatic carbocycles. The van der Waals surface area contributed by atoms with E-state index in [1.54, 1.807) is 7.11 Å². The van der Waals surface area contributed by atoms with Crippen LogP contribution in [0.1, 0.15) is 11.3 Å². The summed E-state index contributed by atoms with van der Waals surface area (Å²) < 4.78 is 7.29. The lowest BCUT2D eigenvalue weighted by Gasteiger charge is -2.10. The molecule has 4 heteroatoms. The molecule has 1 N–H and O–H groups in total. The highest BCUT2D eigenvalue weighted by molar-refractivity contribution is 5.48. The van der Waals surface area contributed by atoms with E-state index in [-0.39, 0.29) is 0 Å². The molecule has 0 saturated heterocycles. The van der Waals surface area contributed by atoms with Gasteiger partial charge in [-0.05, 0) is 37.6 Å². The molecule has 0 fully saturated rings. The van der Waals surface area contributed by atoms with Gasteiger partial charge in [0.05, 0.1) is 12.8 Å². The molecule has 0 aliphatic heterocycles. The molecule has 0 saturated carbocycles. The average molecular weight is 231 g/mol. The maximum atomic E-state index is 5.26. The fourth-order valence-corrected chi connectivity index (χ4v) is 1.88. The lowest BCUT2D eigenvalue weighted by molar-refractivity contribution is 0.411. The summed E-state index contributed by atoms with van der Waals surface area (Å²) in [6.07, 6.45) is 2.01. The predicted molar refractivity (Wildman–Crippen MR) is 69.1 cm³/mol. The van der Waals surface area contributed by atoms with Crippen LogP contribution in [0.4, 0.5) is 5.95 Å². The van der Waals surface area contributed by atoms with Gasteiger partial charge in [0.25, 0.3) is 0 Å². The first-order valence-electron chi connectivity index (χ1n) is 5.54. The van der Waals surface area contributed by atoms with E-state index in [1.165, 1.54) is 0 Å². The summed E-state index contributed by atoms with van der Waals surface area (Å²) in [6.45, 7) is 4.01. The number of benzene rings is 1. The van der Waals surface area contributed by atoms with Crippen LogP contribution < -0.4 is 10.1 Å². The van der Waals surface area contributed by atoms with Crippen molar-refractivity contribution >= 4 is 5.95 Å². The molecule has 0 bridgehead atoms. The fourth-order valence-electron chi connectivity index (χ4n) is 1.88. The number of anilines is 1. The van der Waals surface area contributed by atoms with Crippen LogP contribution in [-0.2, 0) is 0 Å². The van der Waals surface area contributed by atoms with E-state index >= 15 is 0 Å².